The van der Waals surface area contributed by atoms with Crippen LogP contribution in [0.25, 0.3) is 0 Å². The maximum absolute atomic E-state index is 12.8. The number of nitrogens with zero attached hydrogens (tertiary/aromatic N) is 1. The average Bonchev–Trinajstić information content (AvgIpc) is 2.57. The highest BCUT2D eigenvalue weighted by Gasteiger charge is 2.22. The fourth-order valence-electron chi connectivity index (χ4n) is 1.57. The van der Waals surface area contributed by atoms with Gasteiger partial charge in [0, 0.05) is 24.7 Å². The van der Waals surface area contributed by atoms with Gasteiger partial charge >= 0.3 is 0 Å². The second kappa shape index (κ2) is 3.36. The SMILES string of the molecule is O=C1CCCN1c1ccc(F)c(F)c1. The second-order valence-corrected chi connectivity index (χ2v) is 3.25. The van der Waals surface area contributed by atoms with Gasteiger partial charge in [0.2, 0.25) is 5.91 Å². The summed E-state index contributed by atoms with van der Waals surface area (Å²) in [5, 5.41) is 0. The summed E-state index contributed by atoms with van der Waals surface area (Å²) in [7, 11) is 0. The molecule has 1 aromatic rings. The summed E-state index contributed by atoms with van der Waals surface area (Å²) in [5.74, 6) is -1.83. The number of carbonyl (C=O) groups excluding carboxylic acids is 1. The number of amides is 1. The van der Waals surface area contributed by atoms with Crippen LogP contribution in [0.1, 0.15) is 12.8 Å². The van der Waals surface area contributed by atoms with Gasteiger partial charge in [-0.3, -0.25) is 4.79 Å². The summed E-state index contributed by atoms with van der Waals surface area (Å²) >= 11 is 0. The smallest absolute Gasteiger partial charge is 0.227 e. The Morgan fingerprint density at radius 1 is 1.21 bits per heavy atom. The van der Waals surface area contributed by atoms with Crippen molar-refractivity contribution in [3.63, 3.8) is 0 Å². The van der Waals surface area contributed by atoms with Gasteiger partial charge in [-0.2, -0.15) is 0 Å². The average molecular weight is 197 g/mol. The quantitative estimate of drug-likeness (QED) is 0.675. The molecule has 1 fully saturated rings. The van der Waals surface area contributed by atoms with Gasteiger partial charge in [0.05, 0.1) is 0 Å². The Morgan fingerprint density at radius 2 is 2.00 bits per heavy atom. The van der Waals surface area contributed by atoms with Crippen LogP contribution in [-0.4, -0.2) is 12.5 Å². The number of rotatable bonds is 1. The number of carbonyl (C=O) groups is 1. The van der Waals surface area contributed by atoms with E-state index in [0.717, 1.165) is 18.6 Å². The van der Waals surface area contributed by atoms with Crippen molar-refractivity contribution >= 4 is 11.6 Å². The highest BCUT2D eigenvalue weighted by atomic mass is 19.2. The van der Waals surface area contributed by atoms with Gasteiger partial charge in [-0.15, -0.1) is 0 Å². The van der Waals surface area contributed by atoms with Gasteiger partial charge in [0.1, 0.15) is 0 Å². The monoisotopic (exact) mass is 197 g/mol. The minimum Gasteiger partial charge on any atom is -0.312 e. The summed E-state index contributed by atoms with van der Waals surface area (Å²) < 4.78 is 25.5. The van der Waals surface area contributed by atoms with E-state index in [-0.39, 0.29) is 5.91 Å². The van der Waals surface area contributed by atoms with E-state index in [0.29, 0.717) is 18.7 Å². The molecule has 0 N–H and O–H groups in total. The molecule has 1 aliphatic heterocycles. The van der Waals surface area contributed by atoms with Crippen molar-refractivity contribution in [2.45, 2.75) is 12.8 Å². The van der Waals surface area contributed by atoms with E-state index >= 15 is 0 Å². The zero-order valence-corrected chi connectivity index (χ0v) is 7.46. The second-order valence-electron chi connectivity index (χ2n) is 3.25. The predicted molar refractivity (Wildman–Crippen MR) is 47.9 cm³/mol. The molecule has 0 aliphatic carbocycles. The summed E-state index contributed by atoms with van der Waals surface area (Å²) in [6.07, 6.45) is 1.26. The van der Waals surface area contributed by atoms with Crippen LogP contribution in [0.5, 0.6) is 0 Å². The van der Waals surface area contributed by atoms with E-state index in [4.69, 9.17) is 0 Å². The molecular weight excluding hydrogens is 188 g/mol. The molecule has 1 heterocycles. The molecule has 1 aromatic carbocycles. The molecule has 1 saturated heterocycles. The van der Waals surface area contributed by atoms with E-state index in [1.54, 1.807) is 0 Å². The Hall–Kier alpha value is -1.45. The fourth-order valence-corrected chi connectivity index (χ4v) is 1.57. The van der Waals surface area contributed by atoms with E-state index in [2.05, 4.69) is 0 Å². The lowest BCUT2D eigenvalue weighted by molar-refractivity contribution is -0.117. The Bertz CT molecular complexity index is 378. The van der Waals surface area contributed by atoms with Crippen LogP contribution < -0.4 is 4.90 Å². The fraction of sp³-hybridized carbons (Fsp3) is 0.300. The molecular formula is C10H9F2NO. The maximum atomic E-state index is 12.8. The molecule has 0 radical (unpaired) electrons. The molecule has 1 aliphatic rings. The molecule has 0 spiro atoms. The number of halogens is 2. The summed E-state index contributed by atoms with van der Waals surface area (Å²) in [6, 6.07) is 3.51. The minimum absolute atomic E-state index is 0.0315. The van der Waals surface area contributed by atoms with Crippen molar-refractivity contribution in [1.82, 2.24) is 0 Å². The number of benzene rings is 1. The zero-order valence-electron chi connectivity index (χ0n) is 7.46. The van der Waals surface area contributed by atoms with Gasteiger partial charge in [-0.05, 0) is 18.6 Å². The largest absolute Gasteiger partial charge is 0.312 e. The minimum atomic E-state index is -0.915. The van der Waals surface area contributed by atoms with Crippen molar-refractivity contribution in [2.75, 3.05) is 11.4 Å². The molecule has 14 heavy (non-hydrogen) atoms. The molecule has 0 atom stereocenters. The lowest BCUT2D eigenvalue weighted by Gasteiger charge is -2.15. The molecule has 4 heteroatoms. The molecule has 2 rings (SSSR count). The highest BCUT2D eigenvalue weighted by Crippen LogP contribution is 2.22. The molecule has 74 valence electrons. The molecule has 0 saturated carbocycles. The van der Waals surface area contributed by atoms with Crippen molar-refractivity contribution < 1.29 is 13.6 Å². The molecule has 0 unspecified atom stereocenters. The third kappa shape index (κ3) is 1.47. The first-order valence-electron chi connectivity index (χ1n) is 4.44. The van der Waals surface area contributed by atoms with Gasteiger partial charge in [-0.1, -0.05) is 0 Å². The van der Waals surface area contributed by atoms with Crippen LogP contribution in [0.4, 0.5) is 14.5 Å². The predicted octanol–water partition coefficient (Wildman–Crippen LogP) is 2.09. The normalized spacial score (nSPS) is 16.4. The lowest BCUT2D eigenvalue weighted by atomic mass is 10.3. The van der Waals surface area contributed by atoms with Gasteiger partial charge < -0.3 is 4.90 Å². The standard InChI is InChI=1S/C10H9F2NO/c11-8-4-3-7(6-9(8)12)13-5-1-2-10(13)14/h3-4,6H,1-2,5H2. The number of hydrogen-bond donors (Lipinski definition) is 0. The van der Waals surface area contributed by atoms with Crippen LogP contribution in [0, 0.1) is 11.6 Å². The van der Waals surface area contributed by atoms with Gasteiger partial charge in [0.15, 0.2) is 11.6 Å². The Kier molecular flexibility index (Phi) is 2.19. The van der Waals surface area contributed by atoms with Crippen molar-refractivity contribution in [2.24, 2.45) is 0 Å². The van der Waals surface area contributed by atoms with E-state index < -0.39 is 11.6 Å². The van der Waals surface area contributed by atoms with Crippen LogP contribution in [0.2, 0.25) is 0 Å². The van der Waals surface area contributed by atoms with E-state index in [1.807, 2.05) is 0 Å². The van der Waals surface area contributed by atoms with Crippen LogP contribution >= 0.6 is 0 Å². The third-order valence-electron chi connectivity index (χ3n) is 2.29. The van der Waals surface area contributed by atoms with E-state index in [9.17, 15) is 13.6 Å². The Morgan fingerprint density at radius 3 is 2.57 bits per heavy atom. The highest BCUT2D eigenvalue weighted by molar-refractivity contribution is 5.95. The van der Waals surface area contributed by atoms with Crippen LogP contribution in [-0.2, 0) is 4.79 Å². The third-order valence-corrected chi connectivity index (χ3v) is 2.29. The van der Waals surface area contributed by atoms with Crippen molar-refractivity contribution in [1.29, 1.82) is 0 Å². The topological polar surface area (TPSA) is 20.3 Å². The van der Waals surface area contributed by atoms with Crippen molar-refractivity contribution in [3.8, 4) is 0 Å². The summed E-state index contributed by atoms with van der Waals surface area (Å²) in [5.41, 5.74) is 0.436. The van der Waals surface area contributed by atoms with E-state index in [1.165, 1.54) is 11.0 Å². The molecule has 1 amide bonds. The number of anilines is 1. The van der Waals surface area contributed by atoms with Crippen LogP contribution in [0.15, 0.2) is 18.2 Å². The van der Waals surface area contributed by atoms with Crippen LogP contribution in [0.3, 0.4) is 0 Å². The van der Waals surface area contributed by atoms with Gasteiger partial charge in [-0.25, -0.2) is 8.78 Å². The molecule has 0 aromatic heterocycles. The van der Waals surface area contributed by atoms with Gasteiger partial charge in [0.25, 0.3) is 0 Å². The summed E-state index contributed by atoms with van der Waals surface area (Å²) in [6.45, 7) is 0.587. The first-order valence-corrected chi connectivity index (χ1v) is 4.44. The number of hydrogen-bond acceptors (Lipinski definition) is 1. The molecule has 2 nitrogen and oxygen atoms in total. The van der Waals surface area contributed by atoms with Crippen molar-refractivity contribution in [3.05, 3.63) is 29.8 Å². The first kappa shape index (κ1) is 9.12. The Balaban J connectivity index is 2.32. The maximum Gasteiger partial charge on any atom is 0.227 e. The Labute approximate surface area is 80.1 Å². The first-order chi connectivity index (χ1) is 6.68. The zero-order chi connectivity index (χ0) is 10.1. The lowest BCUT2D eigenvalue weighted by Crippen LogP contribution is -2.23. The summed E-state index contributed by atoms with van der Waals surface area (Å²) in [4.78, 5) is 12.8. The molecule has 0 bridgehead atoms.